The zero-order valence-corrected chi connectivity index (χ0v) is 12.9. The van der Waals surface area contributed by atoms with Gasteiger partial charge in [-0.15, -0.1) is 0 Å². The first kappa shape index (κ1) is 13.8. The van der Waals surface area contributed by atoms with Crippen LogP contribution in [0.2, 0.25) is 0 Å². The lowest BCUT2D eigenvalue weighted by Gasteiger charge is -2.34. The van der Waals surface area contributed by atoms with Crippen molar-refractivity contribution in [3.05, 3.63) is 68.9 Å². The lowest BCUT2D eigenvalue weighted by molar-refractivity contribution is 0.0219. The van der Waals surface area contributed by atoms with Gasteiger partial charge in [-0.3, -0.25) is 0 Å². The molecule has 0 saturated carbocycles. The third-order valence-corrected chi connectivity index (χ3v) is 4.53. The number of fused-ring (bicyclic) bond motifs is 1. The van der Waals surface area contributed by atoms with E-state index in [1.54, 1.807) is 0 Å². The van der Waals surface area contributed by atoms with Crippen LogP contribution >= 0.6 is 15.9 Å². The highest BCUT2D eigenvalue weighted by molar-refractivity contribution is 9.10. The summed E-state index contributed by atoms with van der Waals surface area (Å²) in [7, 11) is 0. The fraction of sp³-hybridized carbons (Fsp3) is 0.294. The molecule has 2 aromatic carbocycles. The largest absolute Gasteiger partial charge is 0.385 e. The van der Waals surface area contributed by atoms with Crippen molar-refractivity contribution in [1.29, 1.82) is 0 Å². The zero-order valence-electron chi connectivity index (χ0n) is 11.3. The van der Waals surface area contributed by atoms with Gasteiger partial charge >= 0.3 is 0 Å². The predicted molar refractivity (Wildman–Crippen MR) is 81.2 cm³/mol. The molecule has 0 fully saturated rings. The van der Waals surface area contributed by atoms with Crippen LogP contribution in [-0.4, -0.2) is 5.11 Å². The number of aliphatic hydroxyl groups is 1. The Balaban J connectivity index is 2.00. The Kier molecular flexibility index (Phi) is 3.43. The average Bonchev–Trinajstić information content (AvgIpc) is 2.38. The van der Waals surface area contributed by atoms with E-state index in [9.17, 15) is 9.50 Å². The zero-order chi connectivity index (χ0) is 14.3. The molecular weight excluding hydrogens is 319 g/mol. The molecule has 2 aromatic rings. The second-order valence-corrected chi connectivity index (χ2v) is 6.55. The van der Waals surface area contributed by atoms with Crippen molar-refractivity contribution in [2.24, 2.45) is 0 Å². The van der Waals surface area contributed by atoms with E-state index < -0.39 is 5.60 Å². The first-order chi connectivity index (χ1) is 9.46. The van der Waals surface area contributed by atoms with Crippen molar-refractivity contribution in [2.45, 2.75) is 31.8 Å². The first-order valence-corrected chi connectivity index (χ1v) is 7.53. The minimum atomic E-state index is -0.965. The normalized spacial score (nSPS) is 21.6. The van der Waals surface area contributed by atoms with E-state index in [0.29, 0.717) is 18.4 Å². The van der Waals surface area contributed by atoms with Crippen LogP contribution in [0.5, 0.6) is 0 Å². The van der Waals surface area contributed by atoms with Gasteiger partial charge in [-0.1, -0.05) is 28.1 Å². The number of hydrogen-bond acceptors (Lipinski definition) is 1. The Labute approximate surface area is 126 Å². The number of benzene rings is 2. The van der Waals surface area contributed by atoms with Crippen LogP contribution in [0, 0.1) is 12.7 Å². The SMILES string of the molecule is Cc1cc(F)cc(C2(O)CCc3cc(Br)ccc3C2)c1. The van der Waals surface area contributed by atoms with Crippen LogP contribution in [0.25, 0.3) is 0 Å². The molecule has 1 atom stereocenters. The standard InChI is InChI=1S/C17H16BrFO/c1-11-6-14(9-16(19)7-11)17(20)5-4-12-8-15(18)3-2-13(12)10-17/h2-3,6-9,20H,4-5,10H2,1H3. The Bertz CT molecular complexity index is 648. The highest BCUT2D eigenvalue weighted by Crippen LogP contribution is 2.37. The number of hydrogen-bond donors (Lipinski definition) is 1. The van der Waals surface area contributed by atoms with Gasteiger partial charge in [-0.05, 0) is 66.3 Å². The second kappa shape index (κ2) is 4.97. The smallest absolute Gasteiger partial charge is 0.123 e. The second-order valence-electron chi connectivity index (χ2n) is 5.64. The van der Waals surface area contributed by atoms with Gasteiger partial charge in [-0.25, -0.2) is 4.39 Å². The van der Waals surface area contributed by atoms with E-state index >= 15 is 0 Å². The molecule has 0 bridgehead atoms. The molecule has 0 heterocycles. The minimum absolute atomic E-state index is 0.282. The highest BCUT2D eigenvalue weighted by atomic mass is 79.9. The van der Waals surface area contributed by atoms with Crippen LogP contribution in [0.15, 0.2) is 40.9 Å². The van der Waals surface area contributed by atoms with E-state index in [4.69, 9.17) is 0 Å². The van der Waals surface area contributed by atoms with Gasteiger partial charge in [0.05, 0.1) is 5.60 Å². The Hall–Kier alpha value is -1.19. The molecule has 0 aromatic heterocycles. The molecule has 20 heavy (non-hydrogen) atoms. The van der Waals surface area contributed by atoms with Gasteiger partial charge in [0.1, 0.15) is 5.82 Å². The van der Waals surface area contributed by atoms with E-state index in [0.717, 1.165) is 22.0 Å². The summed E-state index contributed by atoms with van der Waals surface area (Å²) in [5.74, 6) is -0.282. The third kappa shape index (κ3) is 2.52. The van der Waals surface area contributed by atoms with Crippen molar-refractivity contribution in [1.82, 2.24) is 0 Å². The molecule has 1 aliphatic rings. The topological polar surface area (TPSA) is 20.2 Å². The number of aryl methyl sites for hydroxylation is 2. The summed E-state index contributed by atoms with van der Waals surface area (Å²) in [6.07, 6.45) is 1.97. The van der Waals surface area contributed by atoms with Crippen molar-refractivity contribution in [3.8, 4) is 0 Å². The van der Waals surface area contributed by atoms with Gasteiger partial charge in [0.15, 0.2) is 0 Å². The summed E-state index contributed by atoms with van der Waals surface area (Å²) in [4.78, 5) is 0. The molecule has 1 nitrogen and oxygen atoms in total. The average molecular weight is 335 g/mol. The van der Waals surface area contributed by atoms with Crippen LogP contribution in [0.3, 0.4) is 0 Å². The van der Waals surface area contributed by atoms with E-state index in [-0.39, 0.29) is 5.82 Å². The summed E-state index contributed by atoms with van der Waals surface area (Å²) in [5, 5.41) is 10.9. The first-order valence-electron chi connectivity index (χ1n) is 6.74. The van der Waals surface area contributed by atoms with Gasteiger partial charge in [-0.2, -0.15) is 0 Å². The van der Waals surface area contributed by atoms with Gasteiger partial charge < -0.3 is 5.11 Å². The van der Waals surface area contributed by atoms with Gasteiger partial charge in [0.25, 0.3) is 0 Å². The summed E-state index contributed by atoms with van der Waals surface area (Å²) >= 11 is 3.47. The molecule has 0 radical (unpaired) electrons. The minimum Gasteiger partial charge on any atom is -0.385 e. The lowest BCUT2D eigenvalue weighted by atomic mass is 9.76. The number of rotatable bonds is 1. The van der Waals surface area contributed by atoms with Crippen molar-refractivity contribution in [3.63, 3.8) is 0 Å². The van der Waals surface area contributed by atoms with Gasteiger partial charge in [0.2, 0.25) is 0 Å². The quantitative estimate of drug-likeness (QED) is 0.825. The third-order valence-electron chi connectivity index (χ3n) is 4.04. The monoisotopic (exact) mass is 334 g/mol. The number of halogens is 2. The predicted octanol–water partition coefficient (Wildman–Crippen LogP) is 4.27. The van der Waals surface area contributed by atoms with E-state index in [2.05, 4.69) is 22.0 Å². The van der Waals surface area contributed by atoms with Crippen LogP contribution in [0.4, 0.5) is 4.39 Å². The molecule has 3 rings (SSSR count). The molecule has 0 aliphatic heterocycles. The maximum absolute atomic E-state index is 13.6. The Morgan fingerprint density at radius 2 is 1.95 bits per heavy atom. The highest BCUT2D eigenvalue weighted by Gasteiger charge is 2.34. The van der Waals surface area contributed by atoms with Gasteiger partial charge in [0, 0.05) is 10.9 Å². The van der Waals surface area contributed by atoms with Crippen LogP contribution in [0.1, 0.15) is 28.7 Å². The molecule has 3 heteroatoms. The van der Waals surface area contributed by atoms with Crippen LogP contribution in [-0.2, 0) is 18.4 Å². The molecule has 0 spiro atoms. The summed E-state index contributed by atoms with van der Waals surface area (Å²) in [5.41, 5.74) is 2.97. The Morgan fingerprint density at radius 1 is 1.15 bits per heavy atom. The van der Waals surface area contributed by atoms with Crippen LogP contribution < -0.4 is 0 Å². The molecule has 1 unspecified atom stereocenters. The van der Waals surface area contributed by atoms with E-state index in [1.807, 2.05) is 25.1 Å². The molecule has 0 amide bonds. The molecular formula is C17H16BrFO. The molecule has 1 aliphatic carbocycles. The lowest BCUT2D eigenvalue weighted by Crippen LogP contribution is -2.33. The fourth-order valence-electron chi connectivity index (χ4n) is 3.00. The summed E-state index contributed by atoms with van der Waals surface area (Å²) < 4.78 is 14.6. The fourth-order valence-corrected chi connectivity index (χ4v) is 3.40. The molecule has 1 N–H and O–H groups in total. The van der Waals surface area contributed by atoms with Crippen molar-refractivity contribution >= 4 is 15.9 Å². The van der Waals surface area contributed by atoms with E-state index in [1.165, 1.54) is 17.7 Å². The maximum atomic E-state index is 13.6. The van der Waals surface area contributed by atoms with Crippen molar-refractivity contribution < 1.29 is 9.50 Å². The molecule has 104 valence electrons. The Morgan fingerprint density at radius 3 is 2.70 bits per heavy atom. The molecule has 0 saturated heterocycles. The van der Waals surface area contributed by atoms with Crippen molar-refractivity contribution in [2.75, 3.05) is 0 Å². The summed E-state index contributed by atoms with van der Waals surface area (Å²) in [6.45, 7) is 1.85. The maximum Gasteiger partial charge on any atom is 0.123 e. The summed E-state index contributed by atoms with van der Waals surface area (Å²) in [6, 6.07) is 11.0.